The minimum atomic E-state index is -0.376. The lowest BCUT2D eigenvalue weighted by Gasteiger charge is -2.35. The Hall–Kier alpha value is -1.60. The van der Waals surface area contributed by atoms with Gasteiger partial charge in [-0.05, 0) is 18.7 Å². The van der Waals surface area contributed by atoms with Crippen molar-refractivity contribution in [2.75, 3.05) is 44.7 Å². The van der Waals surface area contributed by atoms with Crippen molar-refractivity contribution >= 4 is 29.3 Å². The molecule has 2 aliphatic heterocycles. The normalized spacial score (nSPS) is 22.2. The van der Waals surface area contributed by atoms with E-state index in [1.165, 1.54) is 11.8 Å². The zero-order chi connectivity index (χ0) is 16.4. The number of piperazine rings is 1. The number of likely N-dealkylation sites (N-methyl/N-ethyl adjacent to an activating group) is 1. The molecule has 1 atom stereocenters. The molecule has 0 spiro atoms. The fourth-order valence-electron chi connectivity index (χ4n) is 2.98. The van der Waals surface area contributed by atoms with E-state index in [1.807, 2.05) is 17.0 Å². The van der Waals surface area contributed by atoms with Gasteiger partial charge in [-0.2, -0.15) is 0 Å². The molecule has 2 aliphatic rings. The summed E-state index contributed by atoms with van der Waals surface area (Å²) in [6, 6.07) is 3.71. The zero-order valence-electron chi connectivity index (χ0n) is 13.6. The molecule has 0 saturated carbocycles. The van der Waals surface area contributed by atoms with E-state index >= 15 is 0 Å². The number of carbonyl (C=O) groups is 2. The van der Waals surface area contributed by atoms with Crippen LogP contribution in [-0.4, -0.2) is 71.6 Å². The fraction of sp³-hybridized carbons (Fsp3) is 0.562. The van der Waals surface area contributed by atoms with Gasteiger partial charge >= 0.3 is 0 Å². The van der Waals surface area contributed by atoms with Crippen molar-refractivity contribution in [3.8, 4) is 0 Å². The molecule has 124 valence electrons. The van der Waals surface area contributed by atoms with E-state index in [0.29, 0.717) is 0 Å². The number of thioether (sulfide) groups is 1. The first-order valence-electron chi connectivity index (χ1n) is 7.99. The molecule has 23 heavy (non-hydrogen) atoms. The minimum Gasteiger partial charge on any atom is -0.340 e. The molecule has 1 saturated heterocycles. The molecular formula is C16H22N4O2S. The topological polar surface area (TPSA) is 56.8 Å². The summed E-state index contributed by atoms with van der Waals surface area (Å²) in [5.74, 6) is 0.0513. The van der Waals surface area contributed by atoms with Gasteiger partial charge in [-0.15, -0.1) is 0 Å². The van der Waals surface area contributed by atoms with Crippen molar-refractivity contribution < 1.29 is 9.59 Å². The highest BCUT2D eigenvalue weighted by molar-refractivity contribution is 8.00. The summed E-state index contributed by atoms with van der Waals surface area (Å²) in [7, 11) is 1.75. The number of pyridine rings is 1. The zero-order valence-corrected chi connectivity index (χ0v) is 14.4. The molecular weight excluding hydrogens is 312 g/mol. The molecule has 3 rings (SSSR count). The van der Waals surface area contributed by atoms with Gasteiger partial charge in [0.05, 0.1) is 10.9 Å². The van der Waals surface area contributed by atoms with Crippen LogP contribution >= 0.6 is 11.8 Å². The van der Waals surface area contributed by atoms with Gasteiger partial charge in [0.15, 0.2) is 0 Å². The predicted molar refractivity (Wildman–Crippen MR) is 90.6 cm³/mol. The van der Waals surface area contributed by atoms with Crippen LogP contribution in [0.3, 0.4) is 0 Å². The van der Waals surface area contributed by atoms with E-state index in [9.17, 15) is 9.59 Å². The van der Waals surface area contributed by atoms with Gasteiger partial charge in [-0.25, -0.2) is 4.98 Å². The predicted octanol–water partition coefficient (Wildman–Crippen LogP) is 1.07. The summed E-state index contributed by atoms with van der Waals surface area (Å²) in [4.78, 5) is 35.2. The monoisotopic (exact) mass is 334 g/mol. The van der Waals surface area contributed by atoms with Crippen LogP contribution in [0.2, 0.25) is 0 Å². The molecule has 0 aliphatic carbocycles. The number of rotatable bonds is 3. The number of fused-ring (bicyclic) bond motifs is 1. The highest BCUT2D eigenvalue weighted by Gasteiger charge is 2.35. The summed E-state index contributed by atoms with van der Waals surface area (Å²) in [6.07, 6.45) is 1.97. The molecule has 1 aromatic heterocycles. The summed E-state index contributed by atoms with van der Waals surface area (Å²) in [6.45, 7) is 6.49. The Balaban J connectivity index is 1.64. The summed E-state index contributed by atoms with van der Waals surface area (Å²) in [5.41, 5.74) is 0.822. The first-order valence-corrected chi connectivity index (χ1v) is 8.87. The van der Waals surface area contributed by atoms with E-state index in [2.05, 4.69) is 16.8 Å². The van der Waals surface area contributed by atoms with Crippen molar-refractivity contribution in [1.29, 1.82) is 0 Å². The fourth-order valence-corrected chi connectivity index (χ4v) is 4.18. The SMILES string of the molecule is CCN1CCN(C(=O)CC2Sc3ncccc3N(C)C2=O)CC1. The second kappa shape index (κ2) is 6.88. The number of hydrogen-bond donors (Lipinski definition) is 0. The average Bonchev–Trinajstić information content (AvgIpc) is 2.59. The van der Waals surface area contributed by atoms with Gasteiger partial charge in [0.25, 0.3) is 0 Å². The molecule has 1 unspecified atom stereocenters. The number of hydrogen-bond acceptors (Lipinski definition) is 5. The van der Waals surface area contributed by atoms with Crippen molar-refractivity contribution in [3.05, 3.63) is 18.3 Å². The van der Waals surface area contributed by atoms with E-state index in [1.54, 1.807) is 18.1 Å². The molecule has 6 nitrogen and oxygen atoms in total. The Morgan fingerprint density at radius 3 is 2.78 bits per heavy atom. The number of carbonyl (C=O) groups excluding carboxylic acids is 2. The average molecular weight is 334 g/mol. The van der Waals surface area contributed by atoms with Crippen molar-refractivity contribution in [1.82, 2.24) is 14.8 Å². The second-order valence-electron chi connectivity index (χ2n) is 5.85. The molecule has 1 aromatic rings. The summed E-state index contributed by atoms with van der Waals surface area (Å²) in [5, 5.41) is 0.447. The van der Waals surface area contributed by atoms with Gasteiger partial charge < -0.3 is 14.7 Å². The van der Waals surface area contributed by atoms with Crippen molar-refractivity contribution in [2.45, 2.75) is 23.6 Å². The molecule has 1 fully saturated rings. The van der Waals surface area contributed by atoms with Crippen molar-refractivity contribution in [3.63, 3.8) is 0 Å². The van der Waals surface area contributed by atoms with Gasteiger partial charge in [0.1, 0.15) is 5.03 Å². The number of amides is 2. The Kier molecular flexibility index (Phi) is 4.87. The third kappa shape index (κ3) is 3.35. The highest BCUT2D eigenvalue weighted by atomic mass is 32.2. The third-order valence-corrected chi connectivity index (χ3v) is 5.70. The van der Waals surface area contributed by atoms with Gasteiger partial charge in [-0.1, -0.05) is 18.7 Å². The van der Waals surface area contributed by atoms with Crippen LogP contribution in [-0.2, 0) is 9.59 Å². The minimum absolute atomic E-state index is 0.0176. The Labute approximate surface area is 140 Å². The van der Waals surface area contributed by atoms with Crippen LogP contribution in [0.15, 0.2) is 23.4 Å². The third-order valence-electron chi connectivity index (χ3n) is 4.50. The van der Waals surface area contributed by atoms with Crippen LogP contribution in [0.25, 0.3) is 0 Å². The first kappa shape index (κ1) is 16.3. The maximum Gasteiger partial charge on any atom is 0.240 e. The summed E-state index contributed by atoms with van der Waals surface area (Å²) < 4.78 is 0. The smallest absolute Gasteiger partial charge is 0.240 e. The van der Waals surface area contributed by atoms with Crippen LogP contribution in [0.1, 0.15) is 13.3 Å². The molecule has 0 N–H and O–H groups in total. The lowest BCUT2D eigenvalue weighted by molar-refractivity contribution is -0.134. The molecule has 3 heterocycles. The van der Waals surface area contributed by atoms with Gasteiger partial charge in [0, 0.05) is 45.8 Å². The lowest BCUT2D eigenvalue weighted by Crippen LogP contribution is -2.50. The van der Waals surface area contributed by atoms with Gasteiger partial charge in [-0.3, -0.25) is 9.59 Å². The van der Waals surface area contributed by atoms with Crippen LogP contribution < -0.4 is 4.90 Å². The Bertz CT molecular complexity index is 601. The van der Waals surface area contributed by atoms with Crippen LogP contribution in [0.4, 0.5) is 5.69 Å². The number of aromatic nitrogens is 1. The van der Waals surface area contributed by atoms with E-state index in [4.69, 9.17) is 0 Å². The highest BCUT2D eigenvalue weighted by Crippen LogP contribution is 2.38. The molecule has 0 radical (unpaired) electrons. The second-order valence-corrected chi connectivity index (χ2v) is 7.04. The summed E-state index contributed by atoms with van der Waals surface area (Å²) >= 11 is 1.41. The Morgan fingerprint density at radius 2 is 2.09 bits per heavy atom. The number of anilines is 1. The Morgan fingerprint density at radius 1 is 1.35 bits per heavy atom. The largest absolute Gasteiger partial charge is 0.340 e. The van der Waals surface area contributed by atoms with Crippen LogP contribution in [0.5, 0.6) is 0 Å². The van der Waals surface area contributed by atoms with Crippen LogP contribution in [0, 0.1) is 0 Å². The standard InChI is InChI=1S/C16H22N4O2S/c1-3-19-7-9-20(10-8-19)14(21)11-13-16(22)18(2)12-5-4-6-17-15(12)23-13/h4-6,13H,3,7-11H2,1-2H3. The van der Waals surface area contributed by atoms with E-state index < -0.39 is 0 Å². The van der Waals surface area contributed by atoms with Crippen molar-refractivity contribution in [2.24, 2.45) is 0 Å². The molecule has 7 heteroatoms. The molecule has 0 aromatic carbocycles. The molecule has 0 bridgehead atoms. The number of nitrogens with zero attached hydrogens (tertiary/aromatic N) is 4. The maximum absolute atomic E-state index is 12.5. The lowest BCUT2D eigenvalue weighted by atomic mass is 10.2. The molecule has 2 amide bonds. The van der Waals surface area contributed by atoms with Gasteiger partial charge in [0.2, 0.25) is 11.8 Å². The van der Waals surface area contributed by atoms with E-state index in [0.717, 1.165) is 43.4 Å². The first-order chi connectivity index (χ1) is 11.1. The maximum atomic E-state index is 12.5. The quantitative estimate of drug-likeness (QED) is 0.828. The van der Waals surface area contributed by atoms with E-state index in [-0.39, 0.29) is 23.5 Å².